The summed E-state index contributed by atoms with van der Waals surface area (Å²) in [7, 11) is 0. The first-order valence-corrected chi connectivity index (χ1v) is 5.82. The van der Waals surface area contributed by atoms with Crippen LogP contribution in [0.3, 0.4) is 0 Å². The van der Waals surface area contributed by atoms with Crippen LogP contribution < -0.4 is 0 Å². The average molecular weight is 198 g/mol. The molecule has 2 unspecified atom stereocenters. The SMILES string of the molecule is CC(C)(C)CC(C1CCO1)C(C)(C)C. The maximum absolute atomic E-state index is 5.67. The minimum absolute atomic E-state index is 0.373. The summed E-state index contributed by atoms with van der Waals surface area (Å²) < 4.78 is 5.67. The summed E-state index contributed by atoms with van der Waals surface area (Å²) in [4.78, 5) is 0. The van der Waals surface area contributed by atoms with E-state index < -0.39 is 0 Å². The van der Waals surface area contributed by atoms with E-state index in [-0.39, 0.29) is 0 Å². The highest BCUT2D eigenvalue weighted by Gasteiger charge is 2.38. The topological polar surface area (TPSA) is 9.23 Å². The Hall–Kier alpha value is -0.0400. The third kappa shape index (κ3) is 3.27. The van der Waals surface area contributed by atoms with E-state index in [1.165, 1.54) is 12.8 Å². The highest BCUT2D eigenvalue weighted by Crippen LogP contribution is 2.42. The molecule has 0 spiro atoms. The molecule has 2 atom stereocenters. The Bertz CT molecular complexity index is 178. The number of rotatable bonds is 2. The molecule has 0 amide bonds. The second-order valence-electron chi connectivity index (χ2n) is 6.94. The summed E-state index contributed by atoms with van der Waals surface area (Å²) in [6.45, 7) is 15.0. The molecule has 1 aliphatic heterocycles. The molecule has 1 nitrogen and oxygen atoms in total. The minimum atomic E-state index is 0.373. The van der Waals surface area contributed by atoms with Gasteiger partial charge in [-0.1, -0.05) is 41.5 Å². The van der Waals surface area contributed by atoms with Crippen molar-refractivity contribution in [1.29, 1.82) is 0 Å². The van der Waals surface area contributed by atoms with Crippen LogP contribution in [0.15, 0.2) is 0 Å². The van der Waals surface area contributed by atoms with Crippen LogP contribution in [0.25, 0.3) is 0 Å². The first kappa shape index (κ1) is 12.0. The lowest BCUT2D eigenvalue weighted by Crippen LogP contribution is -2.42. The van der Waals surface area contributed by atoms with Crippen molar-refractivity contribution in [1.82, 2.24) is 0 Å². The van der Waals surface area contributed by atoms with Gasteiger partial charge in [-0.2, -0.15) is 0 Å². The van der Waals surface area contributed by atoms with Gasteiger partial charge in [0.1, 0.15) is 0 Å². The molecule has 14 heavy (non-hydrogen) atoms. The van der Waals surface area contributed by atoms with Gasteiger partial charge in [-0.05, 0) is 29.6 Å². The Kier molecular flexibility index (Phi) is 3.30. The van der Waals surface area contributed by atoms with Gasteiger partial charge in [0.25, 0.3) is 0 Å². The minimum Gasteiger partial charge on any atom is -0.378 e. The largest absolute Gasteiger partial charge is 0.378 e. The first-order valence-electron chi connectivity index (χ1n) is 5.82. The van der Waals surface area contributed by atoms with Crippen LogP contribution in [0.2, 0.25) is 0 Å². The second-order valence-corrected chi connectivity index (χ2v) is 6.94. The van der Waals surface area contributed by atoms with Gasteiger partial charge in [-0.25, -0.2) is 0 Å². The fraction of sp³-hybridized carbons (Fsp3) is 1.00. The summed E-state index contributed by atoms with van der Waals surface area (Å²) in [5, 5.41) is 0. The zero-order valence-electron chi connectivity index (χ0n) is 10.7. The van der Waals surface area contributed by atoms with E-state index in [4.69, 9.17) is 4.74 Å². The van der Waals surface area contributed by atoms with E-state index in [0.717, 1.165) is 6.61 Å². The van der Waals surface area contributed by atoms with E-state index in [0.29, 0.717) is 22.9 Å². The number of ether oxygens (including phenoxy) is 1. The highest BCUT2D eigenvalue weighted by molar-refractivity contribution is 4.87. The van der Waals surface area contributed by atoms with Crippen molar-refractivity contribution in [3.05, 3.63) is 0 Å². The Balaban J connectivity index is 2.62. The predicted molar refractivity (Wildman–Crippen MR) is 61.4 cm³/mol. The smallest absolute Gasteiger partial charge is 0.0630 e. The molecule has 0 aromatic heterocycles. The molecular weight excluding hydrogens is 172 g/mol. The Morgan fingerprint density at radius 1 is 1.14 bits per heavy atom. The normalized spacial score (nSPS) is 25.7. The van der Waals surface area contributed by atoms with E-state index in [1.807, 2.05) is 0 Å². The van der Waals surface area contributed by atoms with Crippen LogP contribution in [0.1, 0.15) is 54.4 Å². The van der Waals surface area contributed by atoms with Crippen LogP contribution in [0.5, 0.6) is 0 Å². The molecule has 0 aliphatic carbocycles. The van der Waals surface area contributed by atoms with Crippen LogP contribution >= 0.6 is 0 Å². The van der Waals surface area contributed by atoms with Gasteiger partial charge in [0, 0.05) is 6.61 Å². The van der Waals surface area contributed by atoms with Gasteiger partial charge >= 0.3 is 0 Å². The van der Waals surface area contributed by atoms with E-state index >= 15 is 0 Å². The Morgan fingerprint density at radius 2 is 1.64 bits per heavy atom. The summed E-state index contributed by atoms with van der Waals surface area (Å²) in [6.07, 6.45) is 3.05. The summed E-state index contributed by atoms with van der Waals surface area (Å²) in [6, 6.07) is 0. The van der Waals surface area contributed by atoms with E-state index in [1.54, 1.807) is 0 Å². The molecule has 84 valence electrons. The van der Waals surface area contributed by atoms with Gasteiger partial charge in [0.2, 0.25) is 0 Å². The van der Waals surface area contributed by atoms with Crippen LogP contribution in [0.4, 0.5) is 0 Å². The molecule has 0 saturated carbocycles. The maximum Gasteiger partial charge on any atom is 0.0630 e. The van der Waals surface area contributed by atoms with Crippen LogP contribution in [-0.2, 0) is 4.74 Å². The average Bonchev–Trinajstić information content (AvgIpc) is 1.76. The molecule has 0 bridgehead atoms. The fourth-order valence-corrected chi connectivity index (χ4v) is 2.23. The van der Waals surface area contributed by atoms with Crippen molar-refractivity contribution in [3.8, 4) is 0 Å². The maximum atomic E-state index is 5.67. The standard InChI is InChI=1S/C13H26O/c1-12(2,3)9-10(13(4,5)6)11-7-8-14-11/h10-11H,7-9H2,1-6H3. The molecular formula is C13H26O. The van der Waals surface area contributed by atoms with Crippen molar-refractivity contribution in [3.63, 3.8) is 0 Å². The molecule has 1 rings (SSSR count). The molecule has 0 radical (unpaired) electrons. The number of hydrogen-bond acceptors (Lipinski definition) is 1. The molecule has 1 heteroatoms. The summed E-state index contributed by atoms with van der Waals surface area (Å²) >= 11 is 0. The quantitative estimate of drug-likeness (QED) is 0.654. The monoisotopic (exact) mass is 198 g/mol. The van der Waals surface area contributed by atoms with Gasteiger partial charge in [0.15, 0.2) is 0 Å². The Morgan fingerprint density at radius 3 is 1.86 bits per heavy atom. The zero-order valence-corrected chi connectivity index (χ0v) is 10.7. The molecule has 0 N–H and O–H groups in total. The van der Waals surface area contributed by atoms with Gasteiger partial charge in [-0.3, -0.25) is 0 Å². The zero-order chi connectivity index (χ0) is 11.0. The van der Waals surface area contributed by atoms with Crippen molar-refractivity contribution in [2.45, 2.75) is 60.5 Å². The van der Waals surface area contributed by atoms with Crippen molar-refractivity contribution >= 4 is 0 Å². The van der Waals surface area contributed by atoms with Crippen molar-refractivity contribution in [2.75, 3.05) is 6.61 Å². The fourth-order valence-electron chi connectivity index (χ4n) is 2.23. The lowest BCUT2D eigenvalue weighted by Gasteiger charge is -2.44. The predicted octanol–water partition coefficient (Wildman–Crippen LogP) is 3.87. The van der Waals surface area contributed by atoms with Gasteiger partial charge in [-0.15, -0.1) is 0 Å². The first-order chi connectivity index (χ1) is 6.20. The summed E-state index contributed by atoms with van der Waals surface area (Å²) in [5.74, 6) is 0.705. The second kappa shape index (κ2) is 3.84. The van der Waals surface area contributed by atoms with Crippen LogP contribution in [-0.4, -0.2) is 12.7 Å². The van der Waals surface area contributed by atoms with Crippen LogP contribution in [0, 0.1) is 16.7 Å². The van der Waals surface area contributed by atoms with Gasteiger partial charge < -0.3 is 4.74 Å². The Labute approximate surface area is 89.2 Å². The van der Waals surface area contributed by atoms with E-state index in [2.05, 4.69) is 41.5 Å². The van der Waals surface area contributed by atoms with Crippen molar-refractivity contribution < 1.29 is 4.74 Å². The number of hydrogen-bond donors (Lipinski definition) is 0. The molecule has 1 saturated heterocycles. The lowest BCUT2D eigenvalue weighted by molar-refractivity contribution is -0.119. The molecule has 0 aromatic rings. The third-order valence-electron chi connectivity index (χ3n) is 3.13. The molecule has 1 fully saturated rings. The molecule has 1 aliphatic rings. The molecule has 0 aromatic carbocycles. The third-order valence-corrected chi connectivity index (χ3v) is 3.13. The highest BCUT2D eigenvalue weighted by atomic mass is 16.5. The van der Waals surface area contributed by atoms with Crippen molar-refractivity contribution in [2.24, 2.45) is 16.7 Å². The van der Waals surface area contributed by atoms with Gasteiger partial charge in [0.05, 0.1) is 6.10 Å². The molecule has 1 heterocycles. The lowest BCUT2D eigenvalue weighted by atomic mass is 9.68. The summed E-state index contributed by atoms with van der Waals surface area (Å²) in [5.41, 5.74) is 0.787. The van der Waals surface area contributed by atoms with E-state index in [9.17, 15) is 0 Å².